The van der Waals surface area contributed by atoms with Gasteiger partial charge in [0.1, 0.15) is 29.6 Å². The van der Waals surface area contributed by atoms with Gasteiger partial charge < -0.3 is 34.5 Å². The number of pyridine rings is 1. The highest BCUT2D eigenvalue weighted by Gasteiger charge is 2.62. The van der Waals surface area contributed by atoms with Crippen molar-refractivity contribution in [2.24, 2.45) is 24.8 Å². The van der Waals surface area contributed by atoms with Gasteiger partial charge >= 0.3 is 0 Å². The lowest BCUT2D eigenvalue weighted by molar-refractivity contribution is -0.189. The largest absolute Gasteiger partial charge is 0.488 e. The molecule has 9 unspecified atom stereocenters. The van der Waals surface area contributed by atoms with E-state index in [1.54, 1.807) is 0 Å². The van der Waals surface area contributed by atoms with Gasteiger partial charge in [0.05, 0.1) is 40.4 Å². The van der Waals surface area contributed by atoms with Crippen LogP contribution >= 0.6 is 11.6 Å². The van der Waals surface area contributed by atoms with Crippen LogP contribution in [0.2, 0.25) is 5.02 Å². The molecule has 1 fully saturated rings. The number of Topliss-reactive ketones (excluding diaryl/α,β-unsaturated/α-hetero) is 3. The fourth-order valence-electron chi connectivity index (χ4n) is 7.72. The number of ether oxygens (including phenoxy) is 2. The average Bonchev–Trinajstić information content (AvgIpc) is 2.94. The van der Waals surface area contributed by atoms with Gasteiger partial charge in [0.2, 0.25) is 0 Å². The summed E-state index contributed by atoms with van der Waals surface area (Å²) in [5.74, 6) is -5.11. The number of allylic oxidation sites excluding steroid dienone is 1. The van der Waals surface area contributed by atoms with E-state index >= 15 is 0 Å². The van der Waals surface area contributed by atoms with Crippen LogP contribution in [0, 0.1) is 17.8 Å². The van der Waals surface area contributed by atoms with E-state index in [-0.39, 0.29) is 51.5 Å². The second-order valence-electron chi connectivity index (χ2n) is 11.6. The zero-order chi connectivity index (χ0) is 29.7. The number of halogens is 1. The van der Waals surface area contributed by atoms with Gasteiger partial charge in [-0.15, -0.1) is 0 Å². The molecule has 0 aromatic carbocycles. The zero-order valence-corrected chi connectivity index (χ0v) is 23.6. The molecule has 4 N–H and O–H groups in total. The zero-order valence-electron chi connectivity index (χ0n) is 22.8. The van der Waals surface area contributed by atoms with Gasteiger partial charge in [-0.25, -0.2) is 0 Å². The highest BCUT2D eigenvalue weighted by atomic mass is 35.5. The summed E-state index contributed by atoms with van der Waals surface area (Å²) in [5, 5.41) is 43.2. The summed E-state index contributed by atoms with van der Waals surface area (Å²) in [6.45, 7) is 1.90. The molecule has 6 rings (SSSR count). The number of aliphatic hydroxyl groups excluding tert-OH is 4. The Hall–Kier alpha value is -2.67. The molecular formula is C29H32ClNO10. The fourth-order valence-corrected chi connectivity index (χ4v) is 8.12. The van der Waals surface area contributed by atoms with Gasteiger partial charge in [-0.3, -0.25) is 19.2 Å². The Morgan fingerprint density at radius 2 is 1.73 bits per heavy atom. The smallest absolute Gasteiger partial charge is 0.262 e. The third-order valence-electron chi connectivity index (χ3n) is 9.59. The van der Waals surface area contributed by atoms with Crippen molar-refractivity contribution in [3.63, 3.8) is 0 Å². The van der Waals surface area contributed by atoms with E-state index in [2.05, 4.69) is 0 Å². The van der Waals surface area contributed by atoms with Crippen LogP contribution in [0.4, 0.5) is 0 Å². The van der Waals surface area contributed by atoms with E-state index in [1.807, 2.05) is 6.92 Å². The third kappa shape index (κ3) is 3.76. The van der Waals surface area contributed by atoms with E-state index in [0.717, 1.165) is 0 Å². The first-order chi connectivity index (χ1) is 19.5. The molecule has 1 saturated carbocycles. The van der Waals surface area contributed by atoms with E-state index < -0.39 is 77.3 Å². The number of ketones is 3. The van der Waals surface area contributed by atoms with Gasteiger partial charge in [-0.2, -0.15) is 0 Å². The second-order valence-corrected chi connectivity index (χ2v) is 12.0. The number of methoxy groups -OCH3 is 1. The number of carbonyl (C=O) groups excluding carboxylic acids is 3. The Kier molecular flexibility index (Phi) is 6.91. The van der Waals surface area contributed by atoms with Gasteiger partial charge in [0.15, 0.2) is 17.3 Å². The van der Waals surface area contributed by atoms with Crippen LogP contribution in [0.15, 0.2) is 27.3 Å². The van der Waals surface area contributed by atoms with Crippen molar-refractivity contribution in [2.45, 2.75) is 75.7 Å². The maximum Gasteiger partial charge on any atom is 0.262 e. The van der Waals surface area contributed by atoms with Crippen LogP contribution < -0.4 is 5.56 Å². The van der Waals surface area contributed by atoms with Crippen LogP contribution in [0.1, 0.15) is 59.0 Å². The van der Waals surface area contributed by atoms with E-state index in [1.165, 1.54) is 18.7 Å². The quantitative estimate of drug-likeness (QED) is 0.387. The topological polar surface area (TPSA) is 173 Å². The molecular weight excluding hydrogens is 558 g/mol. The summed E-state index contributed by atoms with van der Waals surface area (Å²) in [6.07, 6.45) is -6.50. The Morgan fingerprint density at radius 1 is 1.02 bits per heavy atom. The van der Waals surface area contributed by atoms with Crippen LogP contribution in [0.5, 0.6) is 0 Å². The molecule has 2 heterocycles. The van der Waals surface area contributed by atoms with Crippen molar-refractivity contribution in [2.75, 3.05) is 7.11 Å². The summed E-state index contributed by atoms with van der Waals surface area (Å²) < 4.78 is 13.1. The first kappa shape index (κ1) is 28.4. The Balaban J connectivity index is 1.49. The SMILES string of the molecule is CCCc1c(Cl)c2c(c(=O)n1C)C(=O)C1=C(CCC3C(OC)C4OC5=C(C(=O)C4C(O)C13)C(O)C(O)CC5O)C2=O. The summed E-state index contributed by atoms with van der Waals surface area (Å²) in [6, 6.07) is 0. The molecule has 5 aliphatic rings. The van der Waals surface area contributed by atoms with Crippen molar-refractivity contribution < 1.29 is 44.3 Å². The minimum absolute atomic E-state index is 0.0278. The van der Waals surface area contributed by atoms with Gasteiger partial charge in [0, 0.05) is 43.3 Å². The molecule has 41 heavy (non-hydrogen) atoms. The molecule has 1 aromatic rings. The molecule has 9 atom stereocenters. The van der Waals surface area contributed by atoms with Gasteiger partial charge in [-0.05, 0) is 25.2 Å². The number of hydrogen-bond acceptors (Lipinski definition) is 10. The lowest BCUT2D eigenvalue weighted by atomic mass is 9.57. The first-order valence-corrected chi connectivity index (χ1v) is 14.3. The molecule has 0 radical (unpaired) electrons. The Labute approximate surface area is 240 Å². The predicted octanol–water partition coefficient (Wildman–Crippen LogP) is 0.407. The minimum Gasteiger partial charge on any atom is -0.488 e. The molecule has 12 heteroatoms. The summed E-state index contributed by atoms with van der Waals surface area (Å²) >= 11 is 6.64. The number of aromatic nitrogens is 1. The molecule has 220 valence electrons. The monoisotopic (exact) mass is 589 g/mol. The Morgan fingerprint density at radius 3 is 2.39 bits per heavy atom. The van der Waals surface area contributed by atoms with Crippen LogP contribution in [0.3, 0.4) is 0 Å². The molecule has 11 nitrogen and oxygen atoms in total. The van der Waals surface area contributed by atoms with Crippen molar-refractivity contribution in [1.82, 2.24) is 4.57 Å². The highest BCUT2D eigenvalue weighted by Crippen LogP contribution is 2.53. The second kappa shape index (κ2) is 9.96. The number of rotatable bonds is 3. The molecule has 0 saturated heterocycles. The maximum absolute atomic E-state index is 14.1. The number of nitrogens with zero attached hydrogens (tertiary/aromatic N) is 1. The third-order valence-corrected chi connectivity index (χ3v) is 9.99. The molecule has 1 aromatic heterocycles. The molecule has 4 aliphatic carbocycles. The molecule has 0 amide bonds. The number of fused-ring (bicyclic) bond motifs is 4. The highest BCUT2D eigenvalue weighted by molar-refractivity contribution is 6.39. The van der Waals surface area contributed by atoms with Crippen LogP contribution in [-0.4, -0.2) is 86.1 Å². The van der Waals surface area contributed by atoms with E-state index in [9.17, 15) is 39.6 Å². The summed E-state index contributed by atoms with van der Waals surface area (Å²) in [4.78, 5) is 55.3. The number of hydrogen-bond donors (Lipinski definition) is 4. The lowest BCUT2D eigenvalue weighted by Gasteiger charge is -2.54. The van der Waals surface area contributed by atoms with Crippen molar-refractivity contribution in [1.29, 1.82) is 0 Å². The lowest BCUT2D eigenvalue weighted by Crippen LogP contribution is -2.64. The molecule has 0 bridgehead atoms. The maximum atomic E-state index is 14.1. The first-order valence-electron chi connectivity index (χ1n) is 13.9. The standard InChI is InChI=1S/C29H32ClNO10/c1-4-5-11-20(30)16-17(29(39)31(11)2)23(36)14-9(21(16)34)6-7-10-15(14)24(37)19-25(38)18-22(35)12(32)8-13(33)27(18)41-28(19)26(10)40-3/h10,12-13,15,19,22,24,26,28,32-33,35,37H,4-8H2,1-3H3. The number of carbonyl (C=O) groups is 3. The Bertz CT molecular complexity index is 1510. The number of aliphatic hydroxyl groups is 4. The fraction of sp³-hybridized carbons (Fsp3) is 0.586. The van der Waals surface area contributed by atoms with Crippen molar-refractivity contribution >= 4 is 29.0 Å². The average molecular weight is 590 g/mol. The summed E-state index contributed by atoms with van der Waals surface area (Å²) in [5.41, 5.74) is -0.869. The molecule has 1 aliphatic heterocycles. The normalized spacial score (nSPS) is 36.3. The van der Waals surface area contributed by atoms with Gasteiger partial charge in [-0.1, -0.05) is 24.9 Å². The van der Waals surface area contributed by atoms with Crippen LogP contribution in [-0.2, 0) is 27.7 Å². The van der Waals surface area contributed by atoms with E-state index in [4.69, 9.17) is 21.1 Å². The minimum atomic E-state index is -1.64. The molecule has 0 spiro atoms. The summed E-state index contributed by atoms with van der Waals surface area (Å²) in [7, 11) is 2.90. The van der Waals surface area contributed by atoms with E-state index in [0.29, 0.717) is 25.0 Å². The predicted molar refractivity (Wildman–Crippen MR) is 142 cm³/mol. The van der Waals surface area contributed by atoms with Crippen molar-refractivity contribution in [3.8, 4) is 0 Å². The van der Waals surface area contributed by atoms with Gasteiger partial charge in [0.25, 0.3) is 5.56 Å². The van der Waals surface area contributed by atoms with Crippen LogP contribution in [0.25, 0.3) is 0 Å². The van der Waals surface area contributed by atoms with Crippen molar-refractivity contribution in [3.05, 3.63) is 54.7 Å².